The Labute approximate surface area is 115 Å². The lowest BCUT2D eigenvalue weighted by Crippen LogP contribution is -2.28. The first-order chi connectivity index (χ1) is 11.7. The molecule has 0 amide bonds. The molecule has 0 aliphatic heterocycles. The van der Waals surface area contributed by atoms with Gasteiger partial charge in [-0.1, -0.05) is 0 Å². The predicted molar refractivity (Wildman–Crippen MR) is 71.6 cm³/mol. The van der Waals surface area contributed by atoms with Gasteiger partial charge in [-0.05, 0) is 45.1 Å². The van der Waals surface area contributed by atoms with Gasteiger partial charge in [0.15, 0.2) is 0 Å². The van der Waals surface area contributed by atoms with E-state index in [9.17, 15) is 0 Å². The Kier molecular flexibility index (Phi) is 1.42. The highest BCUT2D eigenvalue weighted by Gasteiger charge is 2.08. The molecule has 0 N–H and O–H groups in total. The Morgan fingerprint density at radius 2 is 2.41 bits per heavy atom. The highest BCUT2D eigenvalue weighted by Crippen LogP contribution is 2.22. The summed E-state index contributed by atoms with van der Waals surface area (Å²) < 4.78 is 73.4. The Bertz CT molecular complexity index is 760. The van der Waals surface area contributed by atoms with Crippen LogP contribution in [-0.4, -0.2) is 36.6 Å². The second-order valence-electron chi connectivity index (χ2n) is 3.92. The van der Waals surface area contributed by atoms with E-state index in [4.69, 9.17) is 17.1 Å². The zero-order valence-electron chi connectivity index (χ0n) is 18.5. The zero-order valence-corrected chi connectivity index (χ0v) is 9.47. The second kappa shape index (κ2) is 4.80. The molecule has 1 heterocycles. The third-order valence-corrected chi connectivity index (χ3v) is 2.70. The molecular formula is C14H20N2O. The van der Waals surface area contributed by atoms with E-state index < -0.39 is 26.9 Å². The first kappa shape index (κ1) is 5.02. The highest BCUT2D eigenvalue weighted by molar-refractivity contribution is 5.81. The van der Waals surface area contributed by atoms with Crippen LogP contribution >= 0.6 is 0 Å². The van der Waals surface area contributed by atoms with Crippen molar-refractivity contribution < 1.29 is 17.1 Å². The highest BCUT2D eigenvalue weighted by atomic mass is 16.5. The minimum Gasteiger partial charge on any atom is -0.497 e. The van der Waals surface area contributed by atoms with Crippen molar-refractivity contribution in [3.63, 3.8) is 0 Å². The minimum absolute atomic E-state index is 0.0611. The summed E-state index contributed by atoms with van der Waals surface area (Å²) in [4.78, 5) is 0.873. The van der Waals surface area contributed by atoms with Crippen LogP contribution in [-0.2, 0) is 6.54 Å². The Morgan fingerprint density at radius 3 is 3.18 bits per heavy atom. The molecule has 0 saturated heterocycles. The summed E-state index contributed by atoms with van der Waals surface area (Å²) in [5.74, 6) is 0.169. The fourth-order valence-corrected chi connectivity index (χ4v) is 1.71. The van der Waals surface area contributed by atoms with Gasteiger partial charge in [0.05, 0.1) is 11.2 Å². The van der Waals surface area contributed by atoms with Crippen LogP contribution in [0.2, 0.25) is 0 Å². The number of hydrogen-bond acceptors (Lipinski definition) is 2. The molecule has 0 aliphatic rings. The number of rotatable bonds is 4. The molecule has 2 rings (SSSR count). The fraction of sp³-hybridized carbons (Fsp3) is 0.429. The van der Waals surface area contributed by atoms with E-state index in [0.29, 0.717) is 10.9 Å². The molecule has 2 aromatic rings. The first-order valence-corrected chi connectivity index (χ1v) is 5.19. The molecule has 1 aromatic carbocycles. The van der Waals surface area contributed by atoms with Crippen LogP contribution in [0.5, 0.6) is 5.75 Å². The van der Waals surface area contributed by atoms with Gasteiger partial charge in [0.1, 0.15) is 5.75 Å². The van der Waals surface area contributed by atoms with E-state index in [1.54, 1.807) is 22.9 Å². The number of aromatic nitrogens is 1. The molecule has 3 heteroatoms. The van der Waals surface area contributed by atoms with Crippen LogP contribution in [0.1, 0.15) is 19.2 Å². The van der Waals surface area contributed by atoms with Crippen molar-refractivity contribution in [1.29, 1.82) is 0 Å². The minimum atomic E-state index is -2.56. The molecule has 92 valence electrons. The molecule has 17 heavy (non-hydrogen) atoms. The van der Waals surface area contributed by atoms with E-state index in [1.165, 1.54) is 19.2 Å². The number of methoxy groups -OCH3 is 1. The van der Waals surface area contributed by atoms with Crippen LogP contribution in [0.25, 0.3) is 10.9 Å². The number of ether oxygens (including phenoxy) is 1. The average Bonchev–Trinajstić information content (AvgIpc) is 2.82. The van der Waals surface area contributed by atoms with Crippen LogP contribution in [0.3, 0.4) is 0 Å². The molecular weight excluding hydrogens is 212 g/mol. The summed E-state index contributed by atoms with van der Waals surface area (Å²) in [6, 6.07) is 5.10. The van der Waals surface area contributed by atoms with Crippen LogP contribution < -0.4 is 4.74 Å². The zero-order chi connectivity index (χ0) is 19.9. The fourth-order valence-electron chi connectivity index (χ4n) is 1.71. The molecule has 3 nitrogen and oxygen atoms in total. The topological polar surface area (TPSA) is 17.4 Å². The van der Waals surface area contributed by atoms with Gasteiger partial charge in [-0.15, -0.1) is 0 Å². The third-order valence-electron chi connectivity index (χ3n) is 2.70. The standard InChI is InChI=1S/C14H20N2O/c1-11(15(2)3)10-16-8-7-12-9-13(17-4)5-6-14(12)16/h5-9,11H,10H2,1-4H3/t11-/m0/s1/i1D3,2D3,4D3. The van der Waals surface area contributed by atoms with E-state index in [2.05, 4.69) is 0 Å². The number of nitrogens with zero attached hydrogens (tertiary/aromatic N) is 2. The summed E-state index contributed by atoms with van der Waals surface area (Å²) in [7, 11) is -1.30. The maximum atomic E-state index is 7.69. The number of likely N-dealkylation sites (N-methyl/N-ethyl adjacent to an activating group) is 1. The van der Waals surface area contributed by atoms with E-state index >= 15 is 0 Å². The van der Waals surface area contributed by atoms with Gasteiger partial charge >= 0.3 is 0 Å². The molecule has 0 bridgehead atoms. The van der Waals surface area contributed by atoms with Gasteiger partial charge < -0.3 is 14.2 Å². The van der Waals surface area contributed by atoms with Gasteiger partial charge in [-0.25, -0.2) is 0 Å². The van der Waals surface area contributed by atoms with Crippen molar-refractivity contribution in [2.24, 2.45) is 0 Å². The molecule has 0 aliphatic carbocycles. The Balaban J connectivity index is 2.34. The maximum Gasteiger partial charge on any atom is 0.119 e. The van der Waals surface area contributed by atoms with Crippen molar-refractivity contribution in [2.75, 3.05) is 21.1 Å². The van der Waals surface area contributed by atoms with E-state index in [-0.39, 0.29) is 12.3 Å². The Morgan fingerprint density at radius 1 is 1.47 bits per heavy atom. The monoisotopic (exact) mass is 241 g/mol. The van der Waals surface area contributed by atoms with Gasteiger partial charge in [0.25, 0.3) is 0 Å². The average molecular weight is 241 g/mol. The summed E-state index contributed by atoms with van der Waals surface area (Å²) >= 11 is 0. The molecule has 1 atom stereocenters. The quantitative estimate of drug-likeness (QED) is 0.818. The normalized spacial score (nSPS) is 23.3. The third kappa shape index (κ3) is 2.44. The van der Waals surface area contributed by atoms with Crippen LogP contribution in [0, 0.1) is 0 Å². The lowest BCUT2D eigenvalue weighted by atomic mass is 10.2. The van der Waals surface area contributed by atoms with Crippen molar-refractivity contribution in [1.82, 2.24) is 9.47 Å². The summed E-state index contributed by atoms with van der Waals surface area (Å²) in [5.41, 5.74) is 0.649. The van der Waals surface area contributed by atoms with Crippen LogP contribution in [0.15, 0.2) is 30.5 Å². The number of fused-ring (bicyclic) bond motifs is 1. The largest absolute Gasteiger partial charge is 0.497 e. The first-order valence-electron chi connectivity index (χ1n) is 9.69. The lowest BCUT2D eigenvalue weighted by molar-refractivity contribution is 0.286. The number of hydrogen-bond donors (Lipinski definition) is 0. The van der Waals surface area contributed by atoms with E-state index in [0.717, 1.165) is 4.90 Å². The van der Waals surface area contributed by atoms with Crippen LogP contribution in [0.4, 0.5) is 0 Å². The van der Waals surface area contributed by atoms with Crippen molar-refractivity contribution >= 4 is 10.9 Å². The summed E-state index contributed by atoms with van der Waals surface area (Å²) in [5, 5.41) is 0.660. The smallest absolute Gasteiger partial charge is 0.119 e. The van der Waals surface area contributed by atoms with Gasteiger partial charge in [0, 0.05) is 37.9 Å². The van der Waals surface area contributed by atoms with Crippen molar-refractivity contribution in [2.45, 2.75) is 19.4 Å². The van der Waals surface area contributed by atoms with Gasteiger partial charge in [0.2, 0.25) is 0 Å². The van der Waals surface area contributed by atoms with Gasteiger partial charge in [-0.3, -0.25) is 0 Å². The maximum absolute atomic E-state index is 7.69. The Hall–Kier alpha value is -1.48. The molecule has 0 radical (unpaired) electrons. The van der Waals surface area contributed by atoms with Crippen molar-refractivity contribution in [3.8, 4) is 5.75 Å². The molecule has 0 unspecified atom stereocenters. The lowest BCUT2D eigenvalue weighted by Gasteiger charge is -2.20. The van der Waals surface area contributed by atoms with Gasteiger partial charge in [-0.2, -0.15) is 0 Å². The van der Waals surface area contributed by atoms with E-state index in [1.807, 2.05) is 0 Å². The molecule has 1 aromatic heterocycles. The summed E-state index contributed by atoms with van der Waals surface area (Å²) in [6.45, 7) is -5.10. The SMILES string of the molecule is [2H]C([2H])([2H])Oc1ccc2c(ccn2C[C@@H](N(C)C([2H])([2H])[2H])C([2H])([2H])[2H])c1. The summed E-state index contributed by atoms with van der Waals surface area (Å²) in [6.07, 6.45) is 1.63. The molecule has 0 fully saturated rings. The number of benzene rings is 1. The molecule has 0 spiro atoms. The van der Waals surface area contributed by atoms with Crippen molar-refractivity contribution in [3.05, 3.63) is 30.5 Å². The second-order valence-corrected chi connectivity index (χ2v) is 3.92. The predicted octanol–water partition coefficient (Wildman–Crippen LogP) is 2.60. The molecule has 0 saturated carbocycles.